The van der Waals surface area contributed by atoms with E-state index in [2.05, 4.69) is 15.9 Å². The van der Waals surface area contributed by atoms with E-state index in [-0.39, 0.29) is 6.04 Å². The number of nitrogens with zero attached hydrogens (tertiary/aromatic N) is 1. The molecule has 4 nitrogen and oxygen atoms in total. The van der Waals surface area contributed by atoms with Gasteiger partial charge in [0, 0.05) is 24.2 Å². The molecule has 0 saturated heterocycles. The van der Waals surface area contributed by atoms with Crippen molar-refractivity contribution in [2.24, 2.45) is 0 Å². The van der Waals surface area contributed by atoms with Gasteiger partial charge < -0.3 is 4.74 Å². The Labute approximate surface area is 127 Å². The predicted octanol–water partition coefficient (Wildman–Crippen LogP) is 3.34. The molecule has 0 spiro atoms. The van der Waals surface area contributed by atoms with Crippen LogP contribution >= 0.6 is 27.3 Å². The van der Waals surface area contributed by atoms with Crippen LogP contribution in [0.4, 0.5) is 0 Å². The second-order valence-electron chi connectivity index (χ2n) is 4.13. The van der Waals surface area contributed by atoms with Gasteiger partial charge in [-0.2, -0.15) is 4.31 Å². The Kier molecular flexibility index (Phi) is 6.96. The summed E-state index contributed by atoms with van der Waals surface area (Å²) in [5.74, 6) is 0. The van der Waals surface area contributed by atoms with Gasteiger partial charge in [-0.25, -0.2) is 8.42 Å². The number of methoxy groups -OCH3 is 1. The van der Waals surface area contributed by atoms with Crippen molar-refractivity contribution >= 4 is 37.3 Å². The Bertz CT molecular complexity index is 483. The number of hydrogen-bond acceptors (Lipinski definition) is 4. The van der Waals surface area contributed by atoms with Gasteiger partial charge in [-0.1, -0.05) is 13.8 Å². The highest BCUT2D eigenvalue weighted by Crippen LogP contribution is 2.31. The second kappa shape index (κ2) is 7.73. The van der Waals surface area contributed by atoms with Gasteiger partial charge >= 0.3 is 0 Å². The maximum Gasteiger partial charge on any atom is 0.254 e. The van der Waals surface area contributed by atoms with Crippen molar-refractivity contribution in [1.29, 1.82) is 0 Å². The fraction of sp³-hybridized carbons (Fsp3) is 0.667. The van der Waals surface area contributed by atoms with Crippen LogP contribution in [0, 0.1) is 0 Å². The molecule has 0 N–H and O–H groups in total. The molecule has 0 aromatic carbocycles. The molecule has 0 fully saturated rings. The number of sulfonamides is 1. The first kappa shape index (κ1) is 17.1. The molecule has 0 unspecified atom stereocenters. The van der Waals surface area contributed by atoms with Crippen molar-refractivity contribution in [2.45, 2.75) is 36.9 Å². The Morgan fingerprint density at radius 3 is 2.47 bits per heavy atom. The topological polar surface area (TPSA) is 46.6 Å². The highest BCUT2D eigenvalue weighted by atomic mass is 79.9. The van der Waals surface area contributed by atoms with Crippen LogP contribution in [0.5, 0.6) is 0 Å². The Morgan fingerprint density at radius 2 is 2.05 bits per heavy atom. The molecule has 7 heteroatoms. The molecule has 0 radical (unpaired) electrons. The summed E-state index contributed by atoms with van der Waals surface area (Å²) in [5, 5.41) is 1.78. The van der Waals surface area contributed by atoms with E-state index >= 15 is 0 Å². The monoisotopic (exact) mass is 369 g/mol. The van der Waals surface area contributed by atoms with Crippen molar-refractivity contribution in [3.63, 3.8) is 0 Å². The number of rotatable bonds is 8. The van der Waals surface area contributed by atoms with Crippen molar-refractivity contribution in [3.8, 4) is 0 Å². The Morgan fingerprint density at radius 1 is 1.42 bits per heavy atom. The number of ether oxygens (including phenoxy) is 1. The van der Waals surface area contributed by atoms with Crippen LogP contribution < -0.4 is 0 Å². The van der Waals surface area contributed by atoms with Gasteiger partial charge in [-0.05, 0) is 40.2 Å². The molecule has 0 bridgehead atoms. The highest BCUT2D eigenvalue weighted by Gasteiger charge is 2.31. The van der Waals surface area contributed by atoms with Gasteiger partial charge in [-0.15, -0.1) is 11.3 Å². The van der Waals surface area contributed by atoms with E-state index in [1.807, 2.05) is 13.8 Å². The minimum Gasteiger partial charge on any atom is -0.383 e. The van der Waals surface area contributed by atoms with Crippen molar-refractivity contribution < 1.29 is 13.2 Å². The van der Waals surface area contributed by atoms with E-state index < -0.39 is 10.0 Å². The van der Waals surface area contributed by atoms with E-state index in [0.29, 0.717) is 21.8 Å². The van der Waals surface area contributed by atoms with Crippen LogP contribution in [0.3, 0.4) is 0 Å². The third-order valence-corrected chi connectivity index (χ3v) is 7.59. The number of hydrogen-bond donors (Lipinski definition) is 0. The van der Waals surface area contributed by atoms with Gasteiger partial charge in [0.25, 0.3) is 10.0 Å². The van der Waals surface area contributed by atoms with Crippen LogP contribution in [0.1, 0.15) is 26.7 Å². The summed E-state index contributed by atoms with van der Waals surface area (Å²) in [6.07, 6.45) is 1.59. The van der Waals surface area contributed by atoms with Gasteiger partial charge in [0.2, 0.25) is 0 Å². The molecular formula is C12H20BrNO3S2. The molecule has 19 heavy (non-hydrogen) atoms. The fourth-order valence-electron chi connectivity index (χ4n) is 1.95. The van der Waals surface area contributed by atoms with E-state index in [9.17, 15) is 8.42 Å². The maximum atomic E-state index is 12.7. The average Bonchev–Trinajstić information content (AvgIpc) is 2.81. The van der Waals surface area contributed by atoms with E-state index in [4.69, 9.17) is 4.74 Å². The third kappa shape index (κ3) is 4.01. The summed E-state index contributed by atoms with van der Waals surface area (Å²) < 4.78 is 33.1. The minimum atomic E-state index is -3.46. The Hall–Kier alpha value is 0.0500. The zero-order valence-corrected chi connectivity index (χ0v) is 14.6. The predicted molar refractivity (Wildman–Crippen MR) is 82.2 cm³/mol. The fourth-order valence-corrected chi connectivity index (χ4v) is 6.13. The summed E-state index contributed by atoms with van der Waals surface area (Å²) in [4.78, 5) is 0. The number of thiophene rings is 1. The second-order valence-corrected chi connectivity index (χ2v) is 7.99. The molecule has 0 amide bonds. The number of halogens is 1. The molecule has 0 saturated carbocycles. The van der Waals surface area contributed by atoms with Gasteiger partial charge in [0.1, 0.15) is 4.21 Å². The van der Waals surface area contributed by atoms with Crippen molar-refractivity contribution in [1.82, 2.24) is 4.31 Å². The van der Waals surface area contributed by atoms with Crippen LogP contribution in [0.25, 0.3) is 0 Å². The summed E-state index contributed by atoms with van der Waals surface area (Å²) in [6.45, 7) is 4.80. The standard InChI is InChI=1S/C12H20BrNO3S2/c1-4-10(5-2)14(7-8-17-3)19(15,16)12-11(13)6-9-18-12/h6,9-10H,4-5,7-8H2,1-3H3. The van der Waals surface area contributed by atoms with E-state index in [0.717, 1.165) is 12.8 Å². The maximum absolute atomic E-state index is 12.7. The molecule has 0 aliphatic rings. The molecule has 0 aliphatic carbocycles. The van der Waals surface area contributed by atoms with Crippen LogP contribution in [0.15, 0.2) is 20.1 Å². The average molecular weight is 370 g/mol. The minimum absolute atomic E-state index is 0.00847. The van der Waals surface area contributed by atoms with Gasteiger partial charge in [0.05, 0.1) is 6.61 Å². The molecular weight excluding hydrogens is 350 g/mol. The van der Waals surface area contributed by atoms with E-state index in [1.54, 1.807) is 22.9 Å². The highest BCUT2D eigenvalue weighted by molar-refractivity contribution is 9.10. The van der Waals surface area contributed by atoms with Gasteiger partial charge in [-0.3, -0.25) is 0 Å². The first-order valence-electron chi connectivity index (χ1n) is 6.22. The van der Waals surface area contributed by atoms with E-state index in [1.165, 1.54) is 11.3 Å². The zero-order valence-electron chi connectivity index (χ0n) is 11.4. The molecule has 1 heterocycles. The molecule has 110 valence electrons. The molecule has 1 rings (SSSR count). The SMILES string of the molecule is CCC(CC)N(CCOC)S(=O)(=O)c1sccc1Br. The van der Waals surface area contributed by atoms with Crippen LogP contribution in [0.2, 0.25) is 0 Å². The first-order chi connectivity index (χ1) is 8.98. The first-order valence-corrected chi connectivity index (χ1v) is 9.34. The molecule has 0 atom stereocenters. The van der Waals surface area contributed by atoms with Crippen LogP contribution in [-0.4, -0.2) is 39.0 Å². The quantitative estimate of drug-likeness (QED) is 0.705. The zero-order chi connectivity index (χ0) is 14.5. The summed E-state index contributed by atoms with van der Waals surface area (Å²) in [7, 11) is -1.88. The summed E-state index contributed by atoms with van der Waals surface area (Å²) in [6, 6.07) is 1.77. The molecule has 1 aromatic rings. The smallest absolute Gasteiger partial charge is 0.254 e. The normalized spacial score (nSPS) is 12.5. The lowest BCUT2D eigenvalue weighted by molar-refractivity contribution is 0.163. The lowest BCUT2D eigenvalue weighted by Crippen LogP contribution is -2.41. The summed E-state index contributed by atoms with van der Waals surface area (Å²) in [5.41, 5.74) is 0. The van der Waals surface area contributed by atoms with Crippen molar-refractivity contribution in [3.05, 3.63) is 15.9 Å². The molecule has 1 aromatic heterocycles. The van der Waals surface area contributed by atoms with Crippen LogP contribution in [-0.2, 0) is 14.8 Å². The Balaban J connectivity index is 3.12. The van der Waals surface area contributed by atoms with Gasteiger partial charge in [0.15, 0.2) is 0 Å². The van der Waals surface area contributed by atoms with Crippen molar-refractivity contribution in [2.75, 3.05) is 20.3 Å². The summed E-state index contributed by atoms with van der Waals surface area (Å²) >= 11 is 4.54. The third-order valence-electron chi connectivity index (χ3n) is 2.99. The largest absolute Gasteiger partial charge is 0.383 e. The molecule has 0 aliphatic heterocycles. The lowest BCUT2D eigenvalue weighted by atomic mass is 10.2. The lowest BCUT2D eigenvalue weighted by Gasteiger charge is -2.29.